The van der Waals surface area contributed by atoms with E-state index in [0.29, 0.717) is 0 Å². The van der Waals surface area contributed by atoms with E-state index in [2.05, 4.69) is 19.6 Å². The molecule has 90 valence electrons. The second-order valence-electron chi connectivity index (χ2n) is 4.14. The molecular formula is C9H23NO2S2Zn. The van der Waals surface area contributed by atoms with Crippen molar-refractivity contribution in [2.24, 2.45) is 5.73 Å². The molecule has 3 nitrogen and oxygen atoms in total. The van der Waals surface area contributed by atoms with Gasteiger partial charge in [-0.3, -0.25) is 0 Å². The van der Waals surface area contributed by atoms with Crippen molar-refractivity contribution in [2.45, 2.75) is 49.6 Å². The number of amides is 1. The van der Waals surface area contributed by atoms with Crippen LogP contribution >= 0.6 is 21.2 Å². The monoisotopic (exact) mass is 305 g/mol. The number of unbranched alkanes of at least 4 members (excludes halogenated alkanes) is 2. The van der Waals surface area contributed by atoms with Crippen molar-refractivity contribution in [1.82, 2.24) is 0 Å². The van der Waals surface area contributed by atoms with E-state index >= 15 is 0 Å². The number of thiol groups is 2. The van der Waals surface area contributed by atoms with Crippen LogP contribution in [0.5, 0.6) is 0 Å². The molecule has 6 heteroatoms. The van der Waals surface area contributed by atoms with Gasteiger partial charge in [0.15, 0.2) is 0 Å². The van der Waals surface area contributed by atoms with E-state index in [1.807, 2.05) is 0 Å². The van der Waals surface area contributed by atoms with Gasteiger partial charge in [0.25, 0.3) is 0 Å². The molecule has 0 spiro atoms. The Kier molecular flexibility index (Phi) is 13.3. The second kappa shape index (κ2) is 11.1. The molecule has 0 aliphatic carbocycles. The molecule has 1 amide bonds. The maximum absolute atomic E-state index is 8.78. The van der Waals surface area contributed by atoms with Gasteiger partial charge >= 0.3 is 89.2 Å². The Morgan fingerprint density at radius 2 is 1.47 bits per heavy atom. The molecule has 3 N–H and O–H groups in total. The minimum Gasteiger partial charge on any atom is -0.465 e. The van der Waals surface area contributed by atoms with E-state index in [1.54, 1.807) is 0 Å². The van der Waals surface area contributed by atoms with E-state index in [9.17, 15) is 0 Å². The molecule has 0 aromatic heterocycles. The summed E-state index contributed by atoms with van der Waals surface area (Å²) in [6, 6.07) is 0. The van der Waals surface area contributed by atoms with Crippen LogP contribution in [0.25, 0.3) is 0 Å². The molecule has 0 rings (SSSR count). The predicted molar refractivity (Wildman–Crippen MR) is 69.6 cm³/mol. The molecule has 0 aromatic carbocycles. The maximum atomic E-state index is 8.78. The normalized spacial score (nSPS) is 9.33. The number of carboxylic acid groups (broad SMARTS) is 1. The summed E-state index contributed by atoms with van der Waals surface area (Å²) in [6.45, 7) is 4.48. The molecule has 0 atom stereocenters. The SMILES string of the molecule is CCC[CH2][Zn]([SH])([SH])[CH2]CCC.NC(=O)O. The summed E-state index contributed by atoms with van der Waals surface area (Å²) in [7, 11) is 9.48. The predicted octanol–water partition coefficient (Wildman–Crippen LogP) is 3.89. The van der Waals surface area contributed by atoms with Gasteiger partial charge in [-0.15, -0.1) is 0 Å². The van der Waals surface area contributed by atoms with Gasteiger partial charge in [-0.05, 0) is 0 Å². The van der Waals surface area contributed by atoms with Gasteiger partial charge in [0.1, 0.15) is 0 Å². The molecule has 15 heavy (non-hydrogen) atoms. The average Bonchev–Trinajstić information content (AvgIpc) is 2.11. The quantitative estimate of drug-likeness (QED) is 0.444. The maximum Gasteiger partial charge on any atom is 0.402 e. The van der Waals surface area contributed by atoms with E-state index in [4.69, 9.17) is 31.1 Å². The summed E-state index contributed by atoms with van der Waals surface area (Å²) in [5.74, 6) is 0. The van der Waals surface area contributed by atoms with E-state index in [0.717, 1.165) is 0 Å². The van der Waals surface area contributed by atoms with Crippen LogP contribution in [0.3, 0.4) is 0 Å². The third-order valence-corrected chi connectivity index (χ3v) is 15.8. The first-order valence-electron chi connectivity index (χ1n) is 5.76. The summed E-state index contributed by atoms with van der Waals surface area (Å²) in [5.41, 5.74) is 4.03. The molecule has 0 aliphatic heterocycles. The van der Waals surface area contributed by atoms with Crippen molar-refractivity contribution in [1.29, 1.82) is 0 Å². The molecule has 0 bridgehead atoms. The number of carbonyl (C=O) groups is 1. The van der Waals surface area contributed by atoms with Crippen LogP contribution in [0.4, 0.5) is 4.79 Å². The van der Waals surface area contributed by atoms with Crippen LogP contribution in [-0.2, 0) is 12.3 Å². The van der Waals surface area contributed by atoms with Crippen molar-refractivity contribution < 1.29 is 22.2 Å². The van der Waals surface area contributed by atoms with Crippen LogP contribution in [0.1, 0.15) is 39.5 Å². The minimum atomic E-state index is -2.13. The summed E-state index contributed by atoms with van der Waals surface area (Å²) < 4.78 is 0. The fourth-order valence-electron chi connectivity index (χ4n) is 1.48. The summed E-state index contributed by atoms with van der Waals surface area (Å²) in [5, 5.41) is 9.90. The third kappa shape index (κ3) is 20.6. The molecule has 0 unspecified atom stereocenters. The zero-order valence-electron chi connectivity index (χ0n) is 9.78. The first kappa shape index (κ1) is 18.0. The van der Waals surface area contributed by atoms with Crippen molar-refractivity contribution in [3.05, 3.63) is 0 Å². The Labute approximate surface area is 105 Å². The molecule has 0 fully saturated rings. The Bertz CT molecular complexity index is 154. The van der Waals surface area contributed by atoms with Gasteiger partial charge in [0.2, 0.25) is 0 Å². The van der Waals surface area contributed by atoms with Crippen LogP contribution in [-0.4, -0.2) is 11.2 Å². The molecule has 0 radical (unpaired) electrons. The van der Waals surface area contributed by atoms with E-state index < -0.39 is 18.4 Å². The number of rotatable bonds is 6. The van der Waals surface area contributed by atoms with E-state index in [-0.39, 0.29) is 0 Å². The number of nitrogens with two attached hydrogens (primary N) is 1. The van der Waals surface area contributed by atoms with Crippen molar-refractivity contribution in [3.8, 4) is 0 Å². The average molecular weight is 307 g/mol. The summed E-state index contributed by atoms with van der Waals surface area (Å²) in [4.78, 5) is 8.78. The molecule has 0 saturated carbocycles. The molecule has 0 aliphatic rings. The Balaban J connectivity index is 0. The zero-order valence-corrected chi connectivity index (χ0v) is 14.5. The smallest absolute Gasteiger partial charge is 0.402 e. The first-order valence-corrected chi connectivity index (χ1v) is 19.2. The molecular weight excluding hydrogens is 284 g/mol. The molecule has 0 aromatic rings. The third-order valence-electron chi connectivity index (χ3n) is 2.34. The van der Waals surface area contributed by atoms with Gasteiger partial charge in [0, 0.05) is 0 Å². The van der Waals surface area contributed by atoms with Crippen LogP contribution in [0, 0.1) is 0 Å². The van der Waals surface area contributed by atoms with Crippen molar-refractivity contribution in [3.63, 3.8) is 0 Å². The number of hydrogen-bond acceptors (Lipinski definition) is 3. The van der Waals surface area contributed by atoms with Gasteiger partial charge in [-0.2, -0.15) is 0 Å². The number of hydrogen-bond donors (Lipinski definition) is 4. The van der Waals surface area contributed by atoms with Crippen molar-refractivity contribution >= 4 is 27.3 Å². The topological polar surface area (TPSA) is 63.3 Å². The van der Waals surface area contributed by atoms with Gasteiger partial charge < -0.3 is 10.8 Å². The van der Waals surface area contributed by atoms with Gasteiger partial charge in [0.05, 0.1) is 0 Å². The Morgan fingerprint density at radius 3 is 1.67 bits per heavy atom. The fourth-order valence-corrected chi connectivity index (χ4v) is 12.3. The van der Waals surface area contributed by atoms with Crippen molar-refractivity contribution in [2.75, 3.05) is 0 Å². The van der Waals surface area contributed by atoms with Gasteiger partial charge in [-0.25, -0.2) is 4.79 Å². The second-order valence-corrected chi connectivity index (χ2v) is 28.1. The Hall–Kier alpha value is 0.593. The number of primary amides is 1. The summed E-state index contributed by atoms with van der Waals surface area (Å²) in [6.07, 6.45) is 3.95. The zero-order chi connectivity index (χ0) is 12.3. The van der Waals surface area contributed by atoms with Gasteiger partial charge in [-0.1, -0.05) is 0 Å². The molecule has 0 saturated heterocycles. The molecule has 0 heterocycles. The van der Waals surface area contributed by atoms with Crippen LogP contribution < -0.4 is 5.73 Å². The summed E-state index contributed by atoms with van der Waals surface area (Å²) >= 11 is -2.13. The first-order chi connectivity index (χ1) is 6.85. The largest absolute Gasteiger partial charge is 0.465 e. The van der Waals surface area contributed by atoms with Crippen LogP contribution in [0.15, 0.2) is 0 Å². The standard InChI is InChI=1S/2C4H9.CH3NO2.2H2S.Zn/c2*1-3-4-2;2-1(3)4;;;/h2*1,3-4H2,2H3;2H2,(H,3,4);2*1H2;/q;;;;;+2/p-2. The van der Waals surface area contributed by atoms with Crippen LogP contribution in [0.2, 0.25) is 10.0 Å². The van der Waals surface area contributed by atoms with E-state index in [1.165, 1.54) is 35.7 Å². The fraction of sp³-hybridized carbons (Fsp3) is 0.889. The Morgan fingerprint density at radius 1 is 1.20 bits per heavy atom. The minimum absolute atomic E-state index is 1.30.